The Bertz CT molecular complexity index is 1230. The van der Waals surface area contributed by atoms with E-state index in [0.29, 0.717) is 10.9 Å². The minimum Gasteiger partial charge on any atom is -0.293 e. The number of hydrogen-bond donors (Lipinski definition) is 0. The molecule has 156 valence electrons. The van der Waals surface area contributed by atoms with Gasteiger partial charge in [0.2, 0.25) is 0 Å². The zero-order valence-corrected chi connectivity index (χ0v) is 18.9. The molecule has 0 radical (unpaired) electrons. The number of rotatable bonds is 6. The number of hydrogen-bond acceptors (Lipinski definition) is 5. The summed E-state index contributed by atoms with van der Waals surface area (Å²) in [7, 11) is 0. The van der Waals surface area contributed by atoms with Crippen LogP contribution >= 0.6 is 11.8 Å². The van der Waals surface area contributed by atoms with Crippen LogP contribution in [0.5, 0.6) is 0 Å². The number of carbonyl (C=O) groups excluding carboxylic acids is 1. The van der Waals surface area contributed by atoms with Crippen molar-refractivity contribution in [2.24, 2.45) is 0 Å². The van der Waals surface area contributed by atoms with E-state index in [1.54, 1.807) is 12.4 Å². The van der Waals surface area contributed by atoms with Gasteiger partial charge in [-0.05, 0) is 80.3 Å². The van der Waals surface area contributed by atoms with Gasteiger partial charge in [0.05, 0.1) is 5.75 Å². The Hall–Kier alpha value is -3.25. The lowest BCUT2D eigenvalue weighted by Crippen LogP contribution is -2.09. The summed E-state index contributed by atoms with van der Waals surface area (Å²) in [4.78, 5) is 17.2. The minimum absolute atomic E-state index is 0.0989. The molecule has 0 fully saturated rings. The fourth-order valence-corrected chi connectivity index (χ4v) is 4.41. The summed E-state index contributed by atoms with van der Waals surface area (Å²) in [5.41, 5.74) is 7.28. The van der Waals surface area contributed by atoms with E-state index in [2.05, 4.69) is 36.0 Å². The predicted molar refractivity (Wildman–Crippen MR) is 125 cm³/mol. The van der Waals surface area contributed by atoms with Crippen molar-refractivity contribution in [2.45, 2.75) is 32.9 Å². The predicted octanol–water partition coefficient (Wildman–Crippen LogP) is 5.54. The van der Waals surface area contributed by atoms with Gasteiger partial charge in [-0.2, -0.15) is 0 Å². The van der Waals surface area contributed by atoms with Crippen LogP contribution in [-0.4, -0.2) is 31.3 Å². The molecule has 4 rings (SSSR count). The van der Waals surface area contributed by atoms with Gasteiger partial charge in [0.1, 0.15) is 0 Å². The number of aromatic nitrogens is 4. The van der Waals surface area contributed by atoms with Crippen LogP contribution in [0.2, 0.25) is 0 Å². The third kappa shape index (κ3) is 4.16. The smallest absolute Gasteiger partial charge is 0.196 e. The van der Waals surface area contributed by atoms with Gasteiger partial charge in [0, 0.05) is 29.2 Å². The summed E-state index contributed by atoms with van der Waals surface area (Å²) < 4.78 is 1.99. The molecular formula is C25H24N4OS. The third-order valence-electron chi connectivity index (χ3n) is 5.70. The molecule has 0 bridgehead atoms. The molecule has 0 amide bonds. The molecule has 0 aliphatic rings. The van der Waals surface area contributed by atoms with Gasteiger partial charge in [-0.3, -0.25) is 14.3 Å². The normalized spacial score (nSPS) is 11.0. The second-order valence-corrected chi connectivity index (χ2v) is 8.48. The second-order valence-electron chi connectivity index (χ2n) is 7.54. The highest BCUT2D eigenvalue weighted by Gasteiger charge is 2.19. The number of ketones is 1. The molecule has 0 unspecified atom stereocenters. The van der Waals surface area contributed by atoms with Crippen LogP contribution in [0.25, 0.3) is 17.1 Å². The van der Waals surface area contributed by atoms with Crippen LogP contribution in [0.15, 0.2) is 66.1 Å². The molecule has 0 N–H and O–H groups in total. The molecule has 2 aromatic carbocycles. The van der Waals surface area contributed by atoms with Crippen molar-refractivity contribution < 1.29 is 4.79 Å². The van der Waals surface area contributed by atoms with Gasteiger partial charge in [-0.15, -0.1) is 10.2 Å². The lowest BCUT2D eigenvalue weighted by Gasteiger charge is -2.14. The molecule has 2 aromatic heterocycles. The monoisotopic (exact) mass is 428 g/mol. The van der Waals surface area contributed by atoms with E-state index in [0.717, 1.165) is 33.8 Å². The number of benzene rings is 2. The molecule has 31 heavy (non-hydrogen) atoms. The van der Waals surface area contributed by atoms with Crippen molar-refractivity contribution in [2.75, 3.05) is 5.75 Å². The van der Waals surface area contributed by atoms with Crippen LogP contribution < -0.4 is 0 Å². The SMILES string of the molecule is Cc1cc(C(=O)CSc2nnc(-c3ccncc3)n2-c2ccccc2)c(C)c(C)c1C. The van der Waals surface area contributed by atoms with Crippen LogP contribution in [0.1, 0.15) is 32.6 Å². The first-order valence-corrected chi connectivity index (χ1v) is 11.1. The van der Waals surface area contributed by atoms with Crippen LogP contribution in [-0.2, 0) is 0 Å². The van der Waals surface area contributed by atoms with E-state index < -0.39 is 0 Å². The lowest BCUT2D eigenvalue weighted by molar-refractivity contribution is 0.102. The van der Waals surface area contributed by atoms with E-state index >= 15 is 0 Å². The summed E-state index contributed by atoms with van der Waals surface area (Å²) in [5.74, 6) is 1.12. The Kier molecular flexibility index (Phi) is 6.00. The maximum absolute atomic E-state index is 13.1. The first kappa shape index (κ1) is 21.0. The highest BCUT2D eigenvalue weighted by molar-refractivity contribution is 7.99. The highest BCUT2D eigenvalue weighted by Crippen LogP contribution is 2.29. The van der Waals surface area contributed by atoms with Crippen molar-refractivity contribution in [1.29, 1.82) is 0 Å². The van der Waals surface area contributed by atoms with Crippen LogP contribution in [0.3, 0.4) is 0 Å². The number of nitrogens with zero attached hydrogens (tertiary/aromatic N) is 4. The minimum atomic E-state index is 0.0989. The Morgan fingerprint density at radius 1 is 0.903 bits per heavy atom. The molecule has 0 atom stereocenters. The Labute approximate surface area is 186 Å². The zero-order chi connectivity index (χ0) is 22.0. The molecule has 0 aliphatic heterocycles. The van der Waals surface area contributed by atoms with Gasteiger partial charge in [0.25, 0.3) is 0 Å². The summed E-state index contributed by atoms with van der Waals surface area (Å²) >= 11 is 1.41. The molecule has 2 heterocycles. The van der Waals surface area contributed by atoms with Gasteiger partial charge < -0.3 is 0 Å². The third-order valence-corrected chi connectivity index (χ3v) is 6.63. The average molecular weight is 429 g/mol. The van der Waals surface area contributed by atoms with E-state index in [-0.39, 0.29) is 5.78 Å². The number of pyridine rings is 1. The molecule has 6 heteroatoms. The number of carbonyl (C=O) groups is 1. The number of para-hydroxylation sites is 1. The van der Waals surface area contributed by atoms with Crippen molar-refractivity contribution >= 4 is 17.5 Å². The van der Waals surface area contributed by atoms with Crippen molar-refractivity contribution in [3.63, 3.8) is 0 Å². The average Bonchev–Trinajstić information content (AvgIpc) is 3.23. The molecule has 0 saturated heterocycles. The summed E-state index contributed by atoms with van der Waals surface area (Å²) in [6.07, 6.45) is 3.47. The van der Waals surface area contributed by atoms with Crippen LogP contribution in [0, 0.1) is 27.7 Å². The standard InChI is InChI=1S/C25H24N4OS/c1-16-14-22(19(4)18(3)17(16)2)23(30)15-31-25-28-27-24(20-10-12-26-13-11-20)29(25)21-8-6-5-7-9-21/h5-14H,15H2,1-4H3. The van der Waals surface area contributed by atoms with E-state index in [1.165, 1.54) is 22.9 Å². The molecule has 0 spiro atoms. The summed E-state index contributed by atoms with van der Waals surface area (Å²) in [6.45, 7) is 8.25. The molecule has 5 nitrogen and oxygen atoms in total. The Morgan fingerprint density at radius 2 is 1.61 bits per heavy atom. The Morgan fingerprint density at radius 3 is 2.32 bits per heavy atom. The fraction of sp³-hybridized carbons (Fsp3) is 0.200. The van der Waals surface area contributed by atoms with Gasteiger partial charge in [-0.1, -0.05) is 30.0 Å². The Balaban J connectivity index is 1.67. The maximum Gasteiger partial charge on any atom is 0.196 e. The fourth-order valence-electron chi connectivity index (χ4n) is 3.57. The van der Waals surface area contributed by atoms with Crippen molar-refractivity contribution in [3.05, 3.63) is 88.7 Å². The maximum atomic E-state index is 13.1. The van der Waals surface area contributed by atoms with E-state index in [9.17, 15) is 4.79 Å². The lowest BCUT2D eigenvalue weighted by atomic mass is 9.93. The van der Waals surface area contributed by atoms with Crippen molar-refractivity contribution in [3.8, 4) is 17.1 Å². The second kappa shape index (κ2) is 8.86. The summed E-state index contributed by atoms with van der Waals surface area (Å²) in [5, 5.41) is 9.52. The largest absolute Gasteiger partial charge is 0.293 e. The number of aryl methyl sites for hydroxylation is 1. The number of thioether (sulfide) groups is 1. The topological polar surface area (TPSA) is 60.7 Å². The molecule has 0 aliphatic carbocycles. The number of Topliss-reactive ketones (excluding diaryl/α,β-unsaturated/α-hetero) is 1. The van der Waals surface area contributed by atoms with Crippen LogP contribution in [0.4, 0.5) is 0 Å². The zero-order valence-electron chi connectivity index (χ0n) is 18.1. The quantitative estimate of drug-likeness (QED) is 0.298. The van der Waals surface area contributed by atoms with E-state index in [1.807, 2.05) is 60.0 Å². The van der Waals surface area contributed by atoms with Gasteiger partial charge in [-0.25, -0.2) is 0 Å². The molecular weight excluding hydrogens is 404 g/mol. The molecule has 4 aromatic rings. The highest BCUT2D eigenvalue weighted by atomic mass is 32.2. The first-order chi connectivity index (χ1) is 15.0. The molecule has 0 saturated carbocycles. The van der Waals surface area contributed by atoms with E-state index in [4.69, 9.17) is 0 Å². The first-order valence-electron chi connectivity index (χ1n) is 10.1. The van der Waals surface area contributed by atoms with Gasteiger partial charge in [0.15, 0.2) is 16.8 Å². The summed E-state index contributed by atoms with van der Waals surface area (Å²) in [6, 6.07) is 15.8. The van der Waals surface area contributed by atoms with Gasteiger partial charge >= 0.3 is 0 Å². The van der Waals surface area contributed by atoms with Crippen molar-refractivity contribution in [1.82, 2.24) is 19.7 Å².